The Morgan fingerprint density at radius 3 is 2.68 bits per heavy atom. The maximum Gasteiger partial charge on any atom is 0.274 e. The standard InChI is InChI=1S/C26H24F2N8OS/c1-14(30)18-10-21(33-12-22(18)35-13-29)23-6-4-17(38-23)11-34-25-24(31-7-8-32-25)26(37)36-15(2)16-3-5-19(27)20(28)9-16/h3-10,12-13,15H,1,11,30H2,2H3,(H2,29,35)(H,32,34)(H,36,37)/t15-/m0/s1. The summed E-state index contributed by atoms with van der Waals surface area (Å²) >= 11 is 1.50. The number of halogens is 2. The van der Waals surface area contributed by atoms with Gasteiger partial charge in [-0.2, -0.15) is 0 Å². The van der Waals surface area contributed by atoms with Crippen LogP contribution in [0.3, 0.4) is 0 Å². The Hall–Kier alpha value is -4.71. The third-order valence-corrected chi connectivity index (χ3v) is 6.60. The third kappa shape index (κ3) is 5.98. The van der Waals surface area contributed by atoms with Gasteiger partial charge in [-0.1, -0.05) is 12.6 Å². The average molecular weight is 535 g/mol. The molecule has 12 heteroatoms. The summed E-state index contributed by atoms with van der Waals surface area (Å²) in [4.78, 5) is 31.7. The molecule has 3 heterocycles. The monoisotopic (exact) mass is 534 g/mol. The second-order valence-corrected chi connectivity index (χ2v) is 9.30. The lowest BCUT2D eigenvalue weighted by molar-refractivity contribution is 0.0935. The molecular weight excluding hydrogens is 510 g/mol. The molecule has 1 atom stereocenters. The number of rotatable bonds is 9. The van der Waals surface area contributed by atoms with Crippen LogP contribution in [0.4, 0.5) is 20.3 Å². The molecule has 0 spiro atoms. The maximum atomic E-state index is 13.6. The highest BCUT2D eigenvalue weighted by atomic mass is 32.1. The lowest BCUT2D eigenvalue weighted by Gasteiger charge is -2.15. The molecule has 38 heavy (non-hydrogen) atoms. The Kier molecular flexibility index (Phi) is 8.02. The normalized spacial score (nSPS) is 11.9. The molecule has 4 aromatic rings. The summed E-state index contributed by atoms with van der Waals surface area (Å²) < 4.78 is 26.8. The first-order chi connectivity index (χ1) is 18.3. The number of thiophene rings is 1. The number of nitrogens with two attached hydrogens (primary N) is 2. The van der Waals surface area contributed by atoms with Gasteiger partial charge in [-0.3, -0.25) is 9.78 Å². The van der Waals surface area contributed by atoms with Crippen LogP contribution in [0.5, 0.6) is 0 Å². The van der Waals surface area contributed by atoms with Crippen LogP contribution in [0.15, 0.2) is 66.6 Å². The van der Waals surface area contributed by atoms with E-state index >= 15 is 0 Å². The lowest BCUT2D eigenvalue weighted by Crippen LogP contribution is -2.28. The van der Waals surface area contributed by atoms with E-state index in [4.69, 9.17) is 11.5 Å². The van der Waals surface area contributed by atoms with Crippen molar-refractivity contribution in [3.63, 3.8) is 0 Å². The minimum atomic E-state index is -0.986. The number of carbonyl (C=O) groups excluding carboxylic acids is 1. The van der Waals surface area contributed by atoms with E-state index in [1.165, 1.54) is 36.1 Å². The van der Waals surface area contributed by atoms with E-state index in [0.29, 0.717) is 34.8 Å². The highest BCUT2D eigenvalue weighted by molar-refractivity contribution is 7.15. The summed E-state index contributed by atoms with van der Waals surface area (Å²) in [5.74, 6) is -2.17. The predicted molar refractivity (Wildman–Crippen MR) is 145 cm³/mol. The van der Waals surface area contributed by atoms with Crippen molar-refractivity contribution in [1.82, 2.24) is 20.3 Å². The van der Waals surface area contributed by atoms with Crippen molar-refractivity contribution in [3.05, 3.63) is 94.9 Å². The van der Waals surface area contributed by atoms with Gasteiger partial charge in [-0.15, -0.1) is 11.3 Å². The van der Waals surface area contributed by atoms with Gasteiger partial charge < -0.3 is 22.1 Å². The molecule has 0 saturated heterocycles. The Balaban J connectivity index is 1.46. The molecule has 0 aliphatic heterocycles. The average Bonchev–Trinajstić information content (AvgIpc) is 3.38. The van der Waals surface area contributed by atoms with Crippen LogP contribution in [0, 0.1) is 11.6 Å². The summed E-state index contributed by atoms with van der Waals surface area (Å²) in [5.41, 5.74) is 14.0. The highest BCUT2D eigenvalue weighted by Crippen LogP contribution is 2.31. The van der Waals surface area contributed by atoms with Crippen LogP contribution in [0.25, 0.3) is 16.3 Å². The summed E-state index contributed by atoms with van der Waals surface area (Å²) in [6.45, 7) is 5.82. The number of pyridine rings is 1. The van der Waals surface area contributed by atoms with E-state index in [1.54, 1.807) is 19.2 Å². The van der Waals surface area contributed by atoms with Crippen molar-refractivity contribution in [2.45, 2.75) is 19.5 Å². The Bertz CT molecular complexity index is 1520. The summed E-state index contributed by atoms with van der Waals surface area (Å²) in [6, 6.07) is 8.54. The van der Waals surface area contributed by atoms with Gasteiger partial charge in [0.05, 0.1) is 41.4 Å². The van der Waals surface area contributed by atoms with Crippen LogP contribution in [0.2, 0.25) is 0 Å². The quantitative estimate of drug-likeness (QED) is 0.182. The number of aliphatic imine (C=N–C) groups is 1. The number of hydrogen-bond donors (Lipinski definition) is 4. The van der Waals surface area contributed by atoms with E-state index in [0.717, 1.165) is 21.9 Å². The van der Waals surface area contributed by atoms with Gasteiger partial charge in [-0.25, -0.2) is 23.7 Å². The van der Waals surface area contributed by atoms with Crippen molar-refractivity contribution in [2.24, 2.45) is 16.5 Å². The van der Waals surface area contributed by atoms with Crippen molar-refractivity contribution >= 4 is 40.8 Å². The second kappa shape index (κ2) is 11.6. The van der Waals surface area contributed by atoms with E-state index in [1.807, 2.05) is 12.1 Å². The van der Waals surface area contributed by atoms with E-state index in [9.17, 15) is 13.6 Å². The summed E-state index contributed by atoms with van der Waals surface area (Å²) in [6.07, 6.45) is 5.62. The van der Waals surface area contributed by atoms with Crippen molar-refractivity contribution in [3.8, 4) is 10.6 Å². The van der Waals surface area contributed by atoms with Crippen molar-refractivity contribution in [1.29, 1.82) is 0 Å². The summed E-state index contributed by atoms with van der Waals surface area (Å²) in [7, 11) is 0. The molecule has 1 aromatic carbocycles. The van der Waals surface area contributed by atoms with Gasteiger partial charge >= 0.3 is 0 Å². The number of anilines is 1. The first kappa shape index (κ1) is 26.4. The number of hydrogen-bond acceptors (Lipinski definition) is 8. The summed E-state index contributed by atoms with van der Waals surface area (Å²) in [5, 5.41) is 5.88. The second-order valence-electron chi connectivity index (χ2n) is 8.13. The molecule has 3 aromatic heterocycles. The smallest absolute Gasteiger partial charge is 0.274 e. The fraction of sp³-hybridized carbons (Fsp3) is 0.115. The number of nitrogens with zero attached hydrogens (tertiary/aromatic N) is 4. The van der Waals surface area contributed by atoms with Crippen LogP contribution < -0.4 is 22.1 Å². The molecule has 0 aliphatic carbocycles. The fourth-order valence-electron chi connectivity index (χ4n) is 3.57. The van der Waals surface area contributed by atoms with Gasteiger partial charge in [-0.05, 0) is 42.8 Å². The molecule has 1 amide bonds. The lowest BCUT2D eigenvalue weighted by atomic mass is 10.1. The predicted octanol–water partition coefficient (Wildman–Crippen LogP) is 4.53. The van der Waals surface area contributed by atoms with Crippen LogP contribution >= 0.6 is 11.3 Å². The largest absolute Gasteiger partial charge is 0.399 e. The molecule has 0 aliphatic rings. The molecule has 0 saturated carbocycles. The first-order valence-corrected chi connectivity index (χ1v) is 12.2. The van der Waals surface area contributed by atoms with Crippen molar-refractivity contribution < 1.29 is 13.6 Å². The molecule has 6 N–H and O–H groups in total. The number of aromatic nitrogens is 3. The van der Waals surface area contributed by atoms with Crippen LogP contribution in [-0.4, -0.2) is 27.2 Å². The molecular formula is C26H24F2N8OS. The van der Waals surface area contributed by atoms with Gasteiger partial charge in [0.1, 0.15) is 0 Å². The fourth-order valence-corrected chi connectivity index (χ4v) is 4.48. The number of carbonyl (C=O) groups is 1. The van der Waals surface area contributed by atoms with Gasteiger partial charge in [0, 0.05) is 28.5 Å². The Morgan fingerprint density at radius 1 is 1.16 bits per heavy atom. The van der Waals surface area contributed by atoms with E-state index in [2.05, 4.69) is 37.2 Å². The number of nitrogens with one attached hydrogen (secondary N) is 2. The van der Waals surface area contributed by atoms with E-state index < -0.39 is 23.6 Å². The SMILES string of the molecule is C=C(N)c1cc(-c2ccc(CNc3nccnc3C(=O)N[C@@H](C)c3ccc(F)c(F)c3)s2)ncc1N=CN. The van der Waals surface area contributed by atoms with E-state index in [-0.39, 0.29) is 11.5 Å². The zero-order valence-corrected chi connectivity index (χ0v) is 21.1. The first-order valence-electron chi connectivity index (χ1n) is 11.4. The third-order valence-electron chi connectivity index (χ3n) is 5.49. The molecule has 0 bridgehead atoms. The molecule has 4 rings (SSSR count). The zero-order chi connectivity index (χ0) is 27.2. The molecule has 0 unspecified atom stereocenters. The molecule has 0 fully saturated rings. The Labute approximate surface area is 221 Å². The molecule has 9 nitrogen and oxygen atoms in total. The molecule has 194 valence electrons. The Morgan fingerprint density at radius 2 is 1.95 bits per heavy atom. The van der Waals surface area contributed by atoms with Gasteiger partial charge in [0.15, 0.2) is 23.1 Å². The number of benzene rings is 1. The van der Waals surface area contributed by atoms with Crippen molar-refractivity contribution in [2.75, 3.05) is 5.32 Å². The highest BCUT2D eigenvalue weighted by Gasteiger charge is 2.18. The minimum Gasteiger partial charge on any atom is -0.399 e. The number of amides is 1. The zero-order valence-electron chi connectivity index (χ0n) is 20.3. The van der Waals surface area contributed by atoms with Gasteiger partial charge in [0.25, 0.3) is 5.91 Å². The van der Waals surface area contributed by atoms with Gasteiger partial charge in [0.2, 0.25) is 0 Å². The van der Waals surface area contributed by atoms with Crippen LogP contribution in [-0.2, 0) is 6.54 Å². The molecule has 0 radical (unpaired) electrons. The topological polar surface area (TPSA) is 144 Å². The minimum absolute atomic E-state index is 0.0718. The van der Waals surface area contributed by atoms with Crippen LogP contribution in [0.1, 0.15) is 39.5 Å². The maximum absolute atomic E-state index is 13.6.